The Balaban J connectivity index is 1.63. The number of hydrogen-bond acceptors (Lipinski definition) is 6. The molecule has 37 heavy (non-hydrogen) atoms. The number of hydrogen-bond donors (Lipinski definition) is 1. The van der Waals surface area contributed by atoms with Gasteiger partial charge >= 0.3 is 5.97 Å². The second-order valence-corrected chi connectivity index (χ2v) is 9.27. The van der Waals surface area contributed by atoms with Crippen molar-refractivity contribution in [3.05, 3.63) is 86.9 Å². The molecular weight excluding hydrogens is 515 g/mol. The molecule has 0 unspecified atom stereocenters. The molecule has 0 spiro atoms. The van der Waals surface area contributed by atoms with Crippen LogP contribution < -0.4 is 19.6 Å². The molecule has 3 rings (SSSR count). The average molecular weight is 543 g/mol. The van der Waals surface area contributed by atoms with Gasteiger partial charge in [-0.05, 0) is 78.9 Å². The number of rotatable bonds is 10. The van der Waals surface area contributed by atoms with Gasteiger partial charge in [0.25, 0.3) is 5.91 Å². The van der Waals surface area contributed by atoms with Gasteiger partial charge in [-0.25, -0.2) is 10.2 Å². The van der Waals surface area contributed by atoms with E-state index in [0.717, 1.165) is 11.1 Å². The topological polar surface area (TPSA) is 86.2 Å². The van der Waals surface area contributed by atoms with E-state index in [2.05, 4.69) is 24.4 Å². The van der Waals surface area contributed by atoms with Crippen molar-refractivity contribution in [1.82, 2.24) is 5.43 Å². The zero-order valence-corrected chi connectivity index (χ0v) is 22.5. The second kappa shape index (κ2) is 13.1. The van der Waals surface area contributed by atoms with E-state index in [1.54, 1.807) is 24.3 Å². The molecule has 194 valence electrons. The number of carbonyl (C=O) groups is 2. The van der Waals surface area contributed by atoms with Crippen LogP contribution in [0.15, 0.2) is 59.7 Å². The Morgan fingerprint density at radius 3 is 2.46 bits per heavy atom. The van der Waals surface area contributed by atoms with Gasteiger partial charge in [0.1, 0.15) is 5.75 Å². The van der Waals surface area contributed by atoms with Gasteiger partial charge < -0.3 is 14.2 Å². The van der Waals surface area contributed by atoms with Crippen LogP contribution >= 0.6 is 23.2 Å². The fraction of sp³-hybridized carbons (Fsp3) is 0.250. The van der Waals surface area contributed by atoms with Crippen molar-refractivity contribution in [2.24, 2.45) is 5.10 Å². The molecule has 0 heterocycles. The molecule has 3 aromatic carbocycles. The van der Waals surface area contributed by atoms with Crippen molar-refractivity contribution in [2.45, 2.75) is 33.6 Å². The molecule has 9 heteroatoms. The highest BCUT2D eigenvalue weighted by molar-refractivity contribution is 6.36. The first kappa shape index (κ1) is 28.0. The summed E-state index contributed by atoms with van der Waals surface area (Å²) in [5.74, 6) is 0.447. The first-order chi connectivity index (χ1) is 17.7. The summed E-state index contributed by atoms with van der Waals surface area (Å²) in [6.07, 6.45) is 1.45. The zero-order chi connectivity index (χ0) is 26.9. The maximum absolute atomic E-state index is 12.6. The summed E-state index contributed by atoms with van der Waals surface area (Å²) >= 11 is 12.0. The quantitative estimate of drug-likeness (QED) is 0.135. The lowest BCUT2D eigenvalue weighted by Gasteiger charge is -2.14. The van der Waals surface area contributed by atoms with Crippen molar-refractivity contribution in [2.75, 3.05) is 13.2 Å². The summed E-state index contributed by atoms with van der Waals surface area (Å²) in [6, 6.07) is 15.3. The molecule has 0 aliphatic rings. The third kappa shape index (κ3) is 7.97. The third-order valence-corrected chi connectivity index (χ3v) is 5.72. The lowest BCUT2D eigenvalue weighted by molar-refractivity contribution is -0.123. The minimum absolute atomic E-state index is 0.174. The van der Waals surface area contributed by atoms with Crippen LogP contribution in [0.25, 0.3) is 0 Å². The molecule has 0 aromatic heterocycles. The Labute approximate surface area is 226 Å². The highest BCUT2D eigenvalue weighted by atomic mass is 35.5. The van der Waals surface area contributed by atoms with Gasteiger partial charge in [-0.2, -0.15) is 5.10 Å². The highest BCUT2D eigenvalue weighted by Gasteiger charge is 2.16. The van der Waals surface area contributed by atoms with E-state index >= 15 is 0 Å². The van der Waals surface area contributed by atoms with E-state index in [1.165, 1.54) is 18.3 Å². The number of carbonyl (C=O) groups excluding carboxylic acids is 2. The lowest BCUT2D eigenvalue weighted by Crippen LogP contribution is -2.25. The number of benzene rings is 3. The van der Waals surface area contributed by atoms with Crippen LogP contribution in [0.1, 0.15) is 53.7 Å². The largest absolute Gasteiger partial charge is 0.490 e. The Morgan fingerprint density at radius 2 is 1.76 bits per heavy atom. The van der Waals surface area contributed by atoms with Gasteiger partial charge in [0.05, 0.1) is 23.4 Å². The Hall–Kier alpha value is -3.55. The first-order valence-corrected chi connectivity index (χ1v) is 12.4. The SMILES string of the molecule is CCOc1cc(/C=N/NC(=O)COc2cc(C)ccc2C(C)C)ccc1OC(=O)c1ccc(Cl)cc1Cl. The van der Waals surface area contributed by atoms with E-state index in [1.807, 2.05) is 32.0 Å². The van der Waals surface area contributed by atoms with Crippen LogP contribution in [-0.2, 0) is 4.79 Å². The number of halogens is 2. The maximum atomic E-state index is 12.6. The summed E-state index contributed by atoms with van der Waals surface area (Å²) in [7, 11) is 0. The van der Waals surface area contributed by atoms with Crippen molar-refractivity contribution in [3.63, 3.8) is 0 Å². The third-order valence-electron chi connectivity index (χ3n) is 5.17. The first-order valence-electron chi connectivity index (χ1n) is 11.7. The number of esters is 1. The van der Waals surface area contributed by atoms with Crippen molar-refractivity contribution < 1.29 is 23.8 Å². The number of aryl methyl sites for hydroxylation is 1. The molecule has 0 aliphatic carbocycles. The fourth-order valence-electron chi connectivity index (χ4n) is 3.37. The molecule has 0 atom stereocenters. The van der Waals surface area contributed by atoms with Crippen LogP contribution in [0.4, 0.5) is 0 Å². The second-order valence-electron chi connectivity index (χ2n) is 8.43. The molecule has 0 fully saturated rings. The summed E-state index contributed by atoms with van der Waals surface area (Å²) < 4.78 is 16.8. The summed E-state index contributed by atoms with van der Waals surface area (Å²) in [4.78, 5) is 24.8. The minimum Gasteiger partial charge on any atom is -0.490 e. The van der Waals surface area contributed by atoms with Crippen LogP contribution in [0.5, 0.6) is 17.2 Å². The van der Waals surface area contributed by atoms with Crippen LogP contribution in [0.2, 0.25) is 10.0 Å². The number of nitrogens with zero attached hydrogens (tertiary/aromatic N) is 1. The van der Waals surface area contributed by atoms with Gasteiger partial charge in [-0.1, -0.05) is 49.2 Å². The highest BCUT2D eigenvalue weighted by Crippen LogP contribution is 2.30. The molecule has 0 saturated heterocycles. The molecule has 0 radical (unpaired) electrons. The molecular formula is C28H28Cl2N2O5. The normalized spacial score (nSPS) is 11.0. The predicted octanol–water partition coefficient (Wildman–Crippen LogP) is 6.57. The number of amides is 1. The molecule has 1 amide bonds. The van der Waals surface area contributed by atoms with E-state index < -0.39 is 11.9 Å². The number of ether oxygens (including phenoxy) is 3. The smallest absolute Gasteiger partial charge is 0.345 e. The zero-order valence-electron chi connectivity index (χ0n) is 21.0. The Kier molecular flexibility index (Phi) is 9.94. The minimum atomic E-state index is -0.648. The molecule has 0 bridgehead atoms. The molecule has 3 aromatic rings. The van der Waals surface area contributed by atoms with Crippen molar-refractivity contribution in [3.8, 4) is 17.2 Å². The summed E-state index contributed by atoms with van der Waals surface area (Å²) in [5, 5.41) is 4.58. The molecule has 0 saturated carbocycles. The van der Waals surface area contributed by atoms with E-state index in [-0.39, 0.29) is 28.9 Å². The van der Waals surface area contributed by atoms with Crippen molar-refractivity contribution in [1.29, 1.82) is 0 Å². The van der Waals surface area contributed by atoms with Crippen LogP contribution in [0.3, 0.4) is 0 Å². The van der Waals surface area contributed by atoms with Gasteiger partial charge in [0.2, 0.25) is 0 Å². The number of hydrazone groups is 1. The summed E-state index contributed by atoms with van der Waals surface area (Å²) in [5.41, 5.74) is 5.33. The predicted molar refractivity (Wildman–Crippen MR) is 146 cm³/mol. The van der Waals surface area contributed by atoms with Gasteiger partial charge in [-0.15, -0.1) is 0 Å². The Bertz CT molecular complexity index is 1310. The standard InChI is InChI=1S/C28H28Cl2N2O5/c1-5-35-26-13-19(7-11-24(26)37-28(34)22-10-8-20(29)14-23(22)30)15-31-32-27(33)16-36-25-12-18(4)6-9-21(25)17(2)3/h6-15,17H,5,16H2,1-4H3,(H,32,33)/b31-15+. The molecule has 0 aliphatic heterocycles. The van der Waals surface area contributed by atoms with Gasteiger partial charge in [0.15, 0.2) is 18.1 Å². The summed E-state index contributed by atoms with van der Waals surface area (Å²) in [6.45, 7) is 8.08. The fourth-order valence-corrected chi connectivity index (χ4v) is 3.85. The lowest BCUT2D eigenvalue weighted by atomic mass is 10.0. The number of nitrogens with one attached hydrogen (secondary N) is 1. The van der Waals surface area contributed by atoms with Gasteiger partial charge in [-0.3, -0.25) is 4.79 Å². The molecule has 7 nitrogen and oxygen atoms in total. The Morgan fingerprint density at radius 1 is 0.973 bits per heavy atom. The van der Waals surface area contributed by atoms with E-state index in [4.69, 9.17) is 37.4 Å². The maximum Gasteiger partial charge on any atom is 0.345 e. The molecule has 1 N–H and O–H groups in total. The monoisotopic (exact) mass is 542 g/mol. The van der Waals surface area contributed by atoms with Crippen LogP contribution in [0, 0.1) is 6.92 Å². The van der Waals surface area contributed by atoms with Crippen LogP contribution in [-0.4, -0.2) is 31.3 Å². The van der Waals surface area contributed by atoms with E-state index in [9.17, 15) is 9.59 Å². The average Bonchev–Trinajstić information content (AvgIpc) is 2.84. The van der Waals surface area contributed by atoms with Crippen molar-refractivity contribution >= 4 is 41.3 Å². The van der Waals surface area contributed by atoms with Gasteiger partial charge in [0, 0.05) is 5.02 Å². The van der Waals surface area contributed by atoms with E-state index in [0.29, 0.717) is 28.7 Å².